The Hall–Kier alpha value is -2.31. The quantitative estimate of drug-likeness (QED) is 0.517. The molecular weight excluding hydrogens is 502 g/mol. The highest BCUT2D eigenvalue weighted by Crippen LogP contribution is 2.27. The largest absolute Gasteiger partial charge is 0.379 e. The molecule has 0 spiro atoms. The second kappa shape index (κ2) is 11.0. The van der Waals surface area contributed by atoms with Gasteiger partial charge in [0.15, 0.2) is 5.78 Å². The predicted molar refractivity (Wildman–Crippen MR) is 137 cm³/mol. The number of hydrogen-bond donors (Lipinski definition) is 1. The number of rotatable bonds is 8. The Labute approximate surface area is 213 Å². The van der Waals surface area contributed by atoms with Gasteiger partial charge >= 0.3 is 0 Å². The summed E-state index contributed by atoms with van der Waals surface area (Å²) in [5.41, 5.74) is 0.887. The second-order valence-electron chi connectivity index (χ2n) is 9.61. The van der Waals surface area contributed by atoms with Crippen LogP contribution in [0.5, 0.6) is 0 Å². The smallest absolute Gasteiger partial charge is 0.243 e. The summed E-state index contributed by atoms with van der Waals surface area (Å²) >= 11 is 0. The molecule has 2 saturated heterocycles. The van der Waals surface area contributed by atoms with Gasteiger partial charge in [-0.05, 0) is 54.7 Å². The van der Waals surface area contributed by atoms with Crippen LogP contribution in [0.25, 0.3) is 0 Å². The van der Waals surface area contributed by atoms with Crippen LogP contribution in [0.15, 0.2) is 58.3 Å². The maximum Gasteiger partial charge on any atom is 0.243 e. The Bertz CT molecular complexity index is 1280. The minimum atomic E-state index is -3.69. The summed E-state index contributed by atoms with van der Waals surface area (Å²) in [6.07, 6.45) is 0.996. The number of nitrogens with zero attached hydrogens (tertiary/aromatic N) is 2. The van der Waals surface area contributed by atoms with Crippen molar-refractivity contribution >= 4 is 31.5 Å². The fourth-order valence-electron chi connectivity index (χ4n) is 4.75. The van der Waals surface area contributed by atoms with Gasteiger partial charge in [0.25, 0.3) is 0 Å². The van der Waals surface area contributed by atoms with Crippen LogP contribution in [0.3, 0.4) is 0 Å². The van der Waals surface area contributed by atoms with Crippen LogP contribution in [0, 0.1) is 11.8 Å². The molecule has 1 N–H and O–H groups in total. The first kappa shape index (κ1) is 26.7. The van der Waals surface area contributed by atoms with Crippen LogP contribution in [-0.4, -0.2) is 77.2 Å². The summed E-state index contributed by atoms with van der Waals surface area (Å²) < 4.78 is 60.0. The minimum Gasteiger partial charge on any atom is -0.379 e. The zero-order chi connectivity index (χ0) is 25.9. The third-order valence-electron chi connectivity index (χ3n) is 6.54. The second-order valence-corrected chi connectivity index (χ2v) is 13.5. The van der Waals surface area contributed by atoms with Crippen LogP contribution in [0.2, 0.25) is 0 Å². The van der Waals surface area contributed by atoms with E-state index in [4.69, 9.17) is 4.74 Å². The molecule has 2 unspecified atom stereocenters. The van der Waals surface area contributed by atoms with Gasteiger partial charge in [0, 0.05) is 37.4 Å². The number of Topliss-reactive ketones (excluding diaryl/α,β-unsaturated/α-hetero) is 1. The van der Waals surface area contributed by atoms with Gasteiger partial charge in [-0.2, -0.15) is 8.61 Å². The first-order valence-electron chi connectivity index (χ1n) is 12.1. The third-order valence-corrected chi connectivity index (χ3v) is 10.3. The molecule has 11 heteroatoms. The van der Waals surface area contributed by atoms with E-state index in [9.17, 15) is 21.6 Å². The number of hydrogen-bond acceptors (Lipinski definition) is 7. The van der Waals surface area contributed by atoms with Gasteiger partial charge in [-0.15, -0.1) is 0 Å². The summed E-state index contributed by atoms with van der Waals surface area (Å²) in [4.78, 5) is 13.1. The molecule has 9 nitrogen and oxygen atoms in total. The van der Waals surface area contributed by atoms with Gasteiger partial charge in [0.2, 0.25) is 20.0 Å². The highest BCUT2D eigenvalue weighted by atomic mass is 32.2. The lowest BCUT2D eigenvalue weighted by Crippen LogP contribution is -2.42. The lowest BCUT2D eigenvalue weighted by atomic mass is 9.94. The highest BCUT2D eigenvalue weighted by molar-refractivity contribution is 7.89. The molecule has 2 aliphatic rings. The third kappa shape index (κ3) is 5.97. The maximum atomic E-state index is 13.2. The minimum absolute atomic E-state index is 0.0587. The summed E-state index contributed by atoms with van der Waals surface area (Å²) in [6.45, 7) is 6.38. The molecule has 0 radical (unpaired) electrons. The molecule has 0 aromatic heterocycles. The number of anilines is 1. The van der Waals surface area contributed by atoms with Crippen LogP contribution >= 0.6 is 0 Å². The van der Waals surface area contributed by atoms with Crippen molar-refractivity contribution in [3.05, 3.63) is 54.1 Å². The maximum absolute atomic E-state index is 13.2. The molecule has 2 heterocycles. The van der Waals surface area contributed by atoms with Crippen molar-refractivity contribution < 1.29 is 26.4 Å². The van der Waals surface area contributed by atoms with Crippen molar-refractivity contribution in [2.45, 2.75) is 30.1 Å². The molecule has 2 aromatic rings. The molecule has 4 rings (SSSR count). The summed E-state index contributed by atoms with van der Waals surface area (Å²) in [7, 11) is -7.28. The Kier molecular flexibility index (Phi) is 8.15. The number of morpholine rings is 1. The number of carbonyl (C=O) groups excluding carboxylic acids is 1. The normalized spacial score (nSPS) is 22.3. The van der Waals surface area contributed by atoms with E-state index in [2.05, 4.69) is 5.32 Å². The van der Waals surface area contributed by atoms with E-state index in [1.165, 1.54) is 32.9 Å². The fourth-order valence-corrected chi connectivity index (χ4v) is 7.88. The number of piperidine rings is 1. The Morgan fingerprint density at radius 1 is 0.889 bits per heavy atom. The van der Waals surface area contributed by atoms with Crippen LogP contribution in [0.1, 0.15) is 30.6 Å². The zero-order valence-corrected chi connectivity index (χ0v) is 22.2. The zero-order valence-electron chi connectivity index (χ0n) is 20.6. The van der Waals surface area contributed by atoms with Gasteiger partial charge in [0.05, 0.1) is 29.5 Å². The molecule has 0 amide bonds. The molecule has 2 fully saturated rings. The molecule has 0 bridgehead atoms. The molecule has 0 saturated carbocycles. The lowest BCUT2D eigenvalue weighted by Gasteiger charge is -2.34. The molecular formula is C25H33N3O6S2. The van der Waals surface area contributed by atoms with Crippen LogP contribution in [-0.2, 0) is 24.8 Å². The van der Waals surface area contributed by atoms with E-state index in [-0.39, 0.29) is 34.0 Å². The van der Waals surface area contributed by atoms with E-state index >= 15 is 0 Å². The summed E-state index contributed by atoms with van der Waals surface area (Å²) in [5.74, 6) is 0.304. The SMILES string of the molecule is CC1CC(C)CN(S(=O)(=O)c2cccc(C(=O)CNc3ccc(S(=O)(=O)N4CCOCC4)cc3)c2)C1. The van der Waals surface area contributed by atoms with Crippen molar-refractivity contribution in [3.8, 4) is 0 Å². The van der Waals surface area contributed by atoms with E-state index in [0.717, 1.165) is 6.42 Å². The van der Waals surface area contributed by atoms with Crippen molar-refractivity contribution in [2.24, 2.45) is 11.8 Å². The fraction of sp³-hybridized carbons (Fsp3) is 0.480. The van der Waals surface area contributed by atoms with E-state index < -0.39 is 20.0 Å². The van der Waals surface area contributed by atoms with Gasteiger partial charge in [-0.25, -0.2) is 16.8 Å². The summed E-state index contributed by atoms with van der Waals surface area (Å²) in [6, 6.07) is 12.4. The van der Waals surface area contributed by atoms with Crippen molar-refractivity contribution in [2.75, 3.05) is 51.3 Å². The van der Waals surface area contributed by atoms with E-state index in [1.54, 1.807) is 24.3 Å². The average Bonchev–Trinajstić information content (AvgIpc) is 2.87. The van der Waals surface area contributed by atoms with Crippen LogP contribution in [0.4, 0.5) is 5.69 Å². The first-order chi connectivity index (χ1) is 17.1. The molecule has 2 aliphatic heterocycles. The Morgan fingerprint density at radius 3 is 2.14 bits per heavy atom. The summed E-state index contributed by atoms with van der Waals surface area (Å²) in [5, 5.41) is 3.00. The number of ketones is 1. The van der Waals surface area contributed by atoms with E-state index in [1.807, 2.05) is 13.8 Å². The van der Waals surface area contributed by atoms with Crippen molar-refractivity contribution in [1.82, 2.24) is 8.61 Å². The average molecular weight is 536 g/mol. The Morgan fingerprint density at radius 2 is 1.50 bits per heavy atom. The Balaban J connectivity index is 1.40. The number of ether oxygens (including phenoxy) is 1. The number of carbonyl (C=O) groups is 1. The molecule has 36 heavy (non-hydrogen) atoms. The predicted octanol–water partition coefficient (Wildman–Crippen LogP) is 2.67. The van der Waals surface area contributed by atoms with Gasteiger partial charge in [0.1, 0.15) is 0 Å². The van der Waals surface area contributed by atoms with Gasteiger partial charge < -0.3 is 10.1 Å². The van der Waals surface area contributed by atoms with Gasteiger partial charge in [-0.1, -0.05) is 26.0 Å². The molecule has 2 atom stereocenters. The van der Waals surface area contributed by atoms with Crippen LogP contribution < -0.4 is 5.32 Å². The number of nitrogens with one attached hydrogen (secondary N) is 1. The standard InChI is InChI=1S/C25H33N3O6S2/c1-19-14-20(2)18-28(17-19)36(32,33)24-5-3-4-21(15-24)25(29)16-26-22-6-8-23(9-7-22)35(30,31)27-10-12-34-13-11-27/h3-9,15,19-20,26H,10-14,16-18H2,1-2H3. The molecule has 0 aliphatic carbocycles. The van der Waals surface area contributed by atoms with Crippen molar-refractivity contribution in [1.29, 1.82) is 0 Å². The highest BCUT2D eigenvalue weighted by Gasteiger charge is 2.32. The van der Waals surface area contributed by atoms with Gasteiger partial charge in [-0.3, -0.25) is 4.79 Å². The van der Waals surface area contributed by atoms with Crippen molar-refractivity contribution in [3.63, 3.8) is 0 Å². The monoisotopic (exact) mass is 535 g/mol. The first-order valence-corrected chi connectivity index (χ1v) is 15.0. The molecule has 2 aromatic carbocycles. The number of benzene rings is 2. The number of sulfonamides is 2. The van der Waals surface area contributed by atoms with E-state index in [0.29, 0.717) is 50.6 Å². The lowest BCUT2D eigenvalue weighted by molar-refractivity contribution is 0.0730. The topological polar surface area (TPSA) is 113 Å². The molecule has 196 valence electrons.